The quantitative estimate of drug-likeness (QED) is 0.447. The third-order valence-corrected chi connectivity index (χ3v) is 1.77. The molecule has 1 N–H and O–H groups in total. The van der Waals surface area contributed by atoms with E-state index in [1.165, 1.54) is 0 Å². The van der Waals surface area contributed by atoms with Crippen molar-refractivity contribution in [2.24, 2.45) is 5.41 Å². The first-order valence-electron chi connectivity index (χ1n) is 3.07. The molecule has 0 bridgehead atoms. The molecule has 0 radical (unpaired) electrons. The minimum atomic E-state index is -0.824. The molecule has 5 nitrogen and oxygen atoms in total. The second-order valence-corrected chi connectivity index (χ2v) is 2.66. The summed E-state index contributed by atoms with van der Waals surface area (Å²) in [5.41, 5.74) is -0.285. The molecule has 0 aromatic carbocycles. The number of rotatable bonds is 4. The van der Waals surface area contributed by atoms with Crippen molar-refractivity contribution >= 4 is 0 Å². The first-order chi connectivity index (χ1) is 4.68. The minimum Gasteiger partial charge on any atom is -0.396 e. The maximum atomic E-state index is 9.69. The molecular weight excluding hydrogens is 138 g/mol. The van der Waals surface area contributed by atoms with Crippen LogP contribution in [0.1, 0.15) is 12.8 Å². The molecule has 0 atom stereocenters. The molecule has 0 amide bonds. The first-order valence-corrected chi connectivity index (χ1v) is 3.07. The van der Waals surface area contributed by atoms with Crippen LogP contribution in [0.2, 0.25) is 0 Å². The average molecular weight is 147 g/mol. The maximum Gasteiger partial charge on any atom is 0.294 e. The summed E-state index contributed by atoms with van der Waals surface area (Å²) in [6, 6.07) is 0. The van der Waals surface area contributed by atoms with E-state index in [-0.39, 0.29) is 18.6 Å². The molecule has 0 aliphatic heterocycles. The largest absolute Gasteiger partial charge is 0.396 e. The van der Waals surface area contributed by atoms with Gasteiger partial charge in [0.15, 0.2) is 0 Å². The highest BCUT2D eigenvalue weighted by atomic mass is 16.9. The van der Waals surface area contributed by atoms with E-state index in [1.807, 2.05) is 0 Å². The lowest BCUT2D eigenvalue weighted by Crippen LogP contribution is -2.17. The lowest BCUT2D eigenvalue weighted by Gasteiger charge is -2.07. The van der Waals surface area contributed by atoms with Gasteiger partial charge in [0, 0.05) is 5.41 Å². The van der Waals surface area contributed by atoms with E-state index in [0.717, 1.165) is 12.8 Å². The van der Waals surface area contributed by atoms with Crippen LogP contribution in [0.4, 0.5) is 0 Å². The lowest BCUT2D eigenvalue weighted by atomic mass is 10.1. The van der Waals surface area contributed by atoms with Crippen LogP contribution in [0.5, 0.6) is 0 Å². The molecule has 10 heavy (non-hydrogen) atoms. The molecule has 1 aliphatic carbocycles. The molecule has 1 rings (SSSR count). The first kappa shape index (κ1) is 7.27. The third-order valence-electron chi connectivity index (χ3n) is 1.77. The molecule has 1 fully saturated rings. The Morgan fingerprint density at radius 3 is 2.60 bits per heavy atom. The highest BCUT2D eigenvalue weighted by molar-refractivity contribution is 4.91. The second-order valence-electron chi connectivity index (χ2n) is 2.66. The summed E-state index contributed by atoms with van der Waals surface area (Å²) >= 11 is 0. The fraction of sp³-hybridized carbons (Fsp3) is 1.00. The number of hydrogen-bond donors (Lipinski definition) is 1. The highest BCUT2D eigenvalue weighted by Gasteiger charge is 2.43. The Labute approximate surface area is 57.7 Å². The van der Waals surface area contributed by atoms with E-state index in [2.05, 4.69) is 4.84 Å². The Kier molecular flexibility index (Phi) is 1.76. The predicted octanol–water partition coefficient (Wildman–Crippen LogP) is -0.0328. The summed E-state index contributed by atoms with van der Waals surface area (Å²) in [6.45, 7) is 0.0251. The van der Waals surface area contributed by atoms with Gasteiger partial charge in [0.2, 0.25) is 0 Å². The molecule has 0 saturated heterocycles. The Bertz CT molecular complexity index is 143. The van der Waals surface area contributed by atoms with Gasteiger partial charge in [0.25, 0.3) is 5.09 Å². The van der Waals surface area contributed by atoms with Crippen LogP contribution in [-0.4, -0.2) is 23.4 Å². The number of aliphatic hydroxyl groups excluding tert-OH is 1. The van der Waals surface area contributed by atoms with E-state index in [4.69, 9.17) is 5.11 Å². The summed E-state index contributed by atoms with van der Waals surface area (Å²) in [4.78, 5) is 13.8. The SMILES string of the molecule is O=[N+]([O-])OCC1(CO)CC1. The van der Waals surface area contributed by atoms with Crippen molar-refractivity contribution in [3.05, 3.63) is 10.1 Å². The number of nitrogens with zero attached hydrogens (tertiary/aromatic N) is 1. The molecule has 0 spiro atoms. The van der Waals surface area contributed by atoms with E-state index in [9.17, 15) is 10.1 Å². The molecule has 0 heterocycles. The molecule has 0 unspecified atom stereocenters. The van der Waals surface area contributed by atoms with Crippen molar-refractivity contribution in [3.8, 4) is 0 Å². The molecule has 1 aliphatic rings. The summed E-state index contributed by atoms with van der Waals surface area (Å²) < 4.78 is 0. The zero-order valence-electron chi connectivity index (χ0n) is 5.45. The van der Waals surface area contributed by atoms with Gasteiger partial charge in [-0.2, -0.15) is 0 Å². The smallest absolute Gasteiger partial charge is 0.294 e. The summed E-state index contributed by atoms with van der Waals surface area (Å²) in [7, 11) is 0. The van der Waals surface area contributed by atoms with Gasteiger partial charge < -0.3 is 9.94 Å². The van der Waals surface area contributed by atoms with Crippen molar-refractivity contribution < 1.29 is 15.0 Å². The van der Waals surface area contributed by atoms with Crippen molar-refractivity contribution in [1.82, 2.24) is 0 Å². The molecular formula is C5H9NO4. The Hall–Kier alpha value is -0.840. The normalized spacial score (nSPS) is 20.1. The molecule has 1 saturated carbocycles. The monoisotopic (exact) mass is 147 g/mol. The third kappa shape index (κ3) is 1.57. The molecule has 58 valence electrons. The van der Waals surface area contributed by atoms with Crippen LogP contribution < -0.4 is 0 Å². The van der Waals surface area contributed by atoms with E-state index in [0.29, 0.717) is 0 Å². The summed E-state index contributed by atoms with van der Waals surface area (Å²) in [5.74, 6) is 0. The number of hydrogen-bond acceptors (Lipinski definition) is 4. The van der Waals surface area contributed by atoms with Gasteiger partial charge >= 0.3 is 0 Å². The number of aliphatic hydroxyl groups is 1. The predicted molar refractivity (Wildman–Crippen MR) is 31.7 cm³/mol. The van der Waals surface area contributed by atoms with Gasteiger partial charge in [-0.1, -0.05) is 0 Å². The summed E-state index contributed by atoms with van der Waals surface area (Å²) in [5, 5.41) is 17.5. The van der Waals surface area contributed by atoms with Gasteiger partial charge in [-0.3, -0.25) is 0 Å². The van der Waals surface area contributed by atoms with Crippen LogP contribution in [0.25, 0.3) is 0 Å². The topological polar surface area (TPSA) is 72.6 Å². The average Bonchev–Trinajstić information content (AvgIpc) is 2.64. The Morgan fingerprint density at radius 2 is 2.30 bits per heavy atom. The second kappa shape index (κ2) is 2.42. The molecule has 0 aromatic rings. The standard InChI is InChI=1S/C5H9NO4/c7-3-5(1-2-5)4-10-6(8)9/h7H,1-4H2. The van der Waals surface area contributed by atoms with Crippen LogP contribution in [-0.2, 0) is 4.84 Å². The van der Waals surface area contributed by atoms with Crippen LogP contribution in [0, 0.1) is 15.5 Å². The van der Waals surface area contributed by atoms with Gasteiger partial charge in [-0.25, -0.2) is 0 Å². The van der Waals surface area contributed by atoms with Crippen LogP contribution in [0.15, 0.2) is 0 Å². The molecule has 0 aromatic heterocycles. The maximum absolute atomic E-state index is 9.69. The lowest BCUT2D eigenvalue weighted by molar-refractivity contribution is -0.760. The zero-order chi connectivity index (χ0) is 7.61. The highest BCUT2D eigenvalue weighted by Crippen LogP contribution is 2.45. The molecule has 5 heteroatoms. The Balaban J connectivity index is 2.19. The van der Waals surface area contributed by atoms with Crippen molar-refractivity contribution in [3.63, 3.8) is 0 Å². The van der Waals surface area contributed by atoms with E-state index >= 15 is 0 Å². The summed E-state index contributed by atoms with van der Waals surface area (Å²) in [6.07, 6.45) is 1.66. The Morgan fingerprint density at radius 1 is 1.70 bits per heavy atom. The van der Waals surface area contributed by atoms with E-state index < -0.39 is 5.09 Å². The van der Waals surface area contributed by atoms with Crippen molar-refractivity contribution in [1.29, 1.82) is 0 Å². The van der Waals surface area contributed by atoms with Gasteiger partial charge in [0.05, 0.1) is 6.61 Å². The van der Waals surface area contributed by atoms with Crippen molar-refractivity contribution in [2.45, 2.75) is 12.8 Å². The van der Waals surface area contributed by atoms with Crippen LogP contribution in [0.3, 0.4) is 0 Å². The van der Waals surface area contributed by atoms with Gasteiger partial charge in [-0.15, -0.1) is 10.1 Å². The van der Waals surface area contributed by atoms with Crippen molar-refractivity contribution in [2.75, 3.05) is 13.2 Å². The zero-order valence-corrected chi connectivity index (χ0v) is 5.45. The minimum absolute atomic E-state index is 0.0131. The van der Waals surface area contributed by atoms with E-state index in [1.54, 1.807) is 0 Å². The van der Waals surface area contributed by atoms with Gasteiger partial charge in [0.1, 0.15) is 6.61 Å². The van der Waals surface area contributed by atoms with Crippen LogP contribution >= 0.6 is 0 Å². The van der Waals surface area contributed by atoms with Gasteiger partial charge in [-0.05, 0) is 12.8 Å². The fourth-order valence-corrected chi connectivity index (χ4v) is 0.715. The fourth-order valence-electron chi connectivity index (χ4n) is 0.715.